The first kappa shape index (κ1) is 22.2. The quantitative estimate of drug-likeness (QED) is 0.670. The molecule has 1 aromatic rings. The second kappa shape index (κ2) is 8.70. The van der Waals surface area contributed by atoms with Gasteiger partial charge in [-0.3, -0.25) is 10.1 Å². The highest BCUT2D eigenvalue weighted by Crippen LogP contribution is 2.20. The van der Waals surface area contributed by atoms with Crippen molar-refractivity contribution in [1.82, 2.24) is 15.6 Å². The summed E-state index contributed by atoms with van der Waals surface area (Å²) in [6.07, 6.45) is -0.301. The fraction of sp³-hybridized carbons (Fsp3) is 0.556. The van der Waals surface area contributed by atoms with Crippen LogP contribution in [0.3, 0.4) is 0 Å². The molecule has 0 aliphatic carbocycles. The first-order valence-electron chi connectivity index (χ1n) is 8.51. The van der Waals surface area contributed by atoms with Crippen molar-refractivity contribution in [3.8, 4) is 0 Å². The summed E-state index contributed by atoms with van der Waals surface area (Å²) in [5, 5.41) is 4.61. The molecule has 3 N–H and O–H groups in total. The molecule has 0 unspecified atom stereocenters. The number of amides is 3. The Morgan fingerprint density at radius 3 is 2.19 bits per heavy atom. The SMILES string of the molecule is Cc1[nH]c(C(=O)OCC(=O)NC(=O)NC(C)(C)C)c(C)c1C(=O)OC(C)C. The predicted octanol–water partition coefficient (Wildman–Crippen LogP) is 1.98. The van der Waals surface area contributed by atoms with Crippen molar-refractivity contribution < 1.29 is 28.7 Å². The van der Waals surface area contributed by atoms with E-state index in [4.69, 9.17) is 9.47 Å². The lowest BCUT2D eigenvalue weighted by Crippen LogP contribution is -2.49. The lowest BCUT2D eigenvalue weighted by Gasteiger charge is -2.20. The fourth-order valence-electron chi connectivity index (χ4n) is 2.27. The van der Waals surface area contributed by atoms with Gasteiger partial charge in [-0.15, -0.1) is 0 Å². The van der Waals surface area contributed by atoms with Gasteiger partial charge in [0.2, 0.25) is 0 Å². The molecule has 0 bridgehead atoms. The van der Waals surface area contributed by atoms with Gasteiger partial charge in [0, 0.05) is 11.2 Å². The molecule has 0 fully saturated rings. The van der Waals surface area contributed by atoms with Gasteiger partial charge in [0.1, 0.15) is 5.69 Å². The fourth-order valence-corrected chi connectivity index (χ4v) is 2.27. The zero-order valence-electron chi connectivity index (χ0n) is 16.7. The van der Waals surface area contributed by atoms with Crippen LogP contribution in [0, 0.1) is 13.8 Å². The zero-order valence-corrected chi connectivity index (χ0v) is 16.7. The van der Waals surface area contributed by atoms with E-state index in [2.05, 4.69) is 15.6 Å². The maximum absolute atomic E-state index is 12.2. The molecule has 1 heterocycles. The molecule has 1 aromatic heterocycles. The summed E-state index contributed by atoms with van der Waals surface area (Å²) < 4.78 is 10.1. The van der Waals surface area contributed by atoms with Crippen LogP contribution in [0.25, 0.3) is 0 Å². The lowest BCUT2D eigenvalue weighted by molar-refractivity contribution is -0.123. The standard InChI is InChI=1S/C18H27N3O6/c1-9(2)27-15(23)13-10(3)14(19-11(13)4)16(24)26-8-12(22)20-17(25)21-18(5,6)7/h9,19H,8H2,1-7H3,(H2,20,21,22,25). The van der Waals surface area contributed by atoms with Gasteiger partial charge in [-0.05, 0) is 54.0 Å². The van der Waals surface area contributed by atoms with Gasteiger partial charge in [-0.1, -0.05) is 0 Å². The number of aromatic amines is 1. The first-order chi connectivity index (χ1) is 12.3. The average Bonchev–Trinajstić information content (AvgIpc) is 2.76. The minimum atomic E-state index is -0.814. The van der Waals surface area contributed by atoms with E-state index in [-0.39, 0.29) is 17.4 Å². The normalized spacial score (nSPS) is 11.1. The van der Waals surface area contributed by atoms with Gasteiger partial charge in [-0.2, -0.15) is 0 Å². The highest BCUT2D eigenvalue weighted by molar-refractivity contribution is 6.00. The van der Waals surface area contributed by atoms with Gasteiger partial charge >= 0.3 is 18.0 Å². The molecule has 150 valence electrons. The van der Waals surface area contributed by atoms with Crippen LogP contribution in [0.5, 0.6) is 0 Å². The molecule has 9 heteroatoms. The molecule has 0 saturated heterocycles. The molecule has 9 nitrogen and oxygen atoms in total. The van der Waals surface area contributed by atoms with Crippen LogP contribution < -0.4 is 10.6 Å². The lowest BCUT2D eigenvalue weighted by atomic mass is 10.1. The minimum Gasteiger partial charge on any atom is -0.459 e. The van der Waals surface area contributed by atoms with E-state index in [1.807, 2.05) is 0 Å². The molecule has 0 saturated carbocycles. The summed E-state index contributed by atoms with van der Waals surface area (Å²) >= 11 is 0. The Kier molecular flexibility index (Phi) is 7.15. The van der Waals surface area contributed by atoms with Crippen molar-refractivity contribution in [3.05, 3.63) is 22.5 Å². The van der Waals surface area contributed by atoms with Crippen molar-refractivity contribution in [2.24, 2.45) is 0 Å². The van der Waals surface area contributed by atoms with Gasteiger partial charge in [0.25, 0.3) is 5.91 Å². The third-order valence-corrected chi connectivity index (χ3v) is 3.26. The molecule has 0 aliphatic heterocycles. The molecule has 0 spiro atoms. The Morgan fingerprint density at radius 1 is 1.07 bits per heavy atom. The molecule has 0 radical (unpaired) electrons. The third-order valence-electron chi connectivity index (χ3n) is 3.26. The summed E-state index contributed by atoms with van der Waals surface area (Å²) in [5.41, 5.74) is 0.619. The van der Waals surface area contributed by atoms with Gasteiger partial charge in [-0.25, -0.2) is 14.4 Å². The number of carbonyl (C=O) groups is 4. The first-order valence-corrected chi connectivity index (χ1v) is 8.51. The van der Waals surface area contributed by atoms with Crippen molar-refractivity contribution in [2.75, 3.05) is 6.61 Å². The van der Waals surface area contributed by atoms with Crippen LogP contribution in [-0.4, -0.2) is 47.1 Å². The maximum atomic E-state index is 12.2. The number of ether oxygens (including phenoxy) is 2. The molecule has 0 atom stereocenters. The zero-order chi connectivity index (χ0) is 20.9. The van der Waals surface area contributed by atoms with Crippen LogP contribution in [-0.2, 0) is 14.3 Å². The number of imide groups is 1. The van der Waals surface area contributed by atoms with Gasteiger partial charge in [0.15, 0.2) is 6.61 Å². The maximum Gasteiger partial charge on any atom is 0.355 e. The second-order valence-electron chi connectivity index (χ2n) is 7.41. The summed E-state index contributed by atoms with van der Waals surface area (Å²) in [5.74, 6) is -2.14. The van der Waals surface area contributed by atoms with E-state index in [0.29, 0.717) is 11.3 Å². The highest BCUT2D eigenvalue weighted by atomic mass is 16.5. The topological polar surface area (TPSA) is 127 Å². The van der Waals surface area contributed by atoms with Crippen molar-refractivity contribution in [3.63, 3.8) is 0 Å². The summed E-state index contributed by atoms with van der Waals surface area (Å²) in [7, 11) is 0. The molecule has 1 rings (SSSR count). The number of carbonyl (C=O) groups excluding carboxylic acids is 4. The number of hydrogen-bond donors (Lipinski definition) is 3. The molecule has 27 heavy (non-hydrogen) atoms. The van der Waals surface area contributed by atoms with Crippen molar-refractivity contribution in [2.45, 2.75) is 60.1 Å². The number of nitrogens with one attached hydrogen (secondary N) is 3. The largest absolute Gasteiger partial charge is 0.459 e. The smallest absolute Gasteiger partial charge is 0.355 e. The number of aryl methyl sites for hydroxylation is 1. The van der Waals surface area contributed by atoms with E-state index < -0.39 is 36.0 Å². The number of hydrogen-bond acceptors (Lipinski definition) is 6. The van der Waals surface area contributed by atoms with Crippen LogP contribution in [0.1, 0.15) is 66.7 Å². The Bertz CT molecular complexity index is 743. The highest BCUT2D eigenvalue weighted by Gasteiger charge is 2.25. The number of rotatable bonds is 5. The van der Waals surface area contributed by atoms with E-state index in [0.717, 1.165) is 0 Å². The molecular weight excluding hydrogens is 354 g/mol. The number of H-pyrrole nitrogens is 1. The third kappa shape index (κ3) is 6.76. The van der Waals surface area contributed by atoms with Crippen LogP contribution in [0.4, 0.5) is 4.79 Å². The molecule has 0 aliphatic rings. The molecular formula is C18H27N3O6. The van der Waals surface area contributed by atoms with Crippen LogP contribution >= 0.6 is 0 Å². The van der Waals surface area contributed by atoms with E-state index in [1.165, 1.54) is 0 Å². The summed E-state index contributed by atoms with van der Waals surface area (Å²) in [4.78, 5) is 50.5. The Balaban J connectivity index is 2.72. The number of urea groups is 1. The van der Waals surface area contributed by atoms with Crippen LogP contribution in [0.15, 0.2) is 0 Å². The van der Waals surface area contributed by atoms with E-state index >= 15 is 0 Å². The average molecular weight is 381 g/mol. The summed E-state index contributed by atoms with van der Waals surface area (Å²) in [6.45, 7) is 11.3. The number of aromatic nitrogens is 1. The molecule has 3 amide bonds. The Labute approximate surface area is 158 Å². The van der Waals surface area contributed by atoms with Crippen molar-refractivity contribution >= 4 is 23.9 Å². The van der Waals surface area contributed by atoms with Crippen molar-refractivity contribution in [1.29, 1.82) is 0 Å². The Hall–Kier alpha value is -2.84. The number of esters is 2. The monoisotopic (exact) mass is 381 g/mol. The minimum absolute atomic E-state index is 0.0511. The van der Waals surface area contributed by atoms with Gasteiger partial charge < -0.3 is 19.8 Å². The molecule has 0 aromatic carbocycles. The second-order valence-corrected chi connectivity index (χ2v) is 7.41. The van der Waals surface area contributed by atoms with E-state index in [1.54, 1.807) is 48.5 Å². The predicted molar refractivity (Wildman–Crippen MR) is 97.5 cm³/mol. The van der Waals surface area contributed by atoms with Crippen LogP contribution in [0.2, 0.25) is 0 Å². The summed E-state index contributed by atoms with van der Waals surface area (Å²) in [6, 6.07) is -0.686. The van der Waals surface area contributed by atoms with E-state index in [9.17, 15) is 19.2 Å². The van der Waals surface area contributed by atoms with Gasteiger partial charge in [0.05, 0.1) is 11.7 Å². The Morgan fingerprint density at radius 2 is 1.67 bits per heavy atom.